The quantitative estimate of drug-likeness (QED) is 0.128. The van der Waals surface area contributed by atoms with Crippen LogP contribution in [0, 0.1) is 0 Å². The predicted octanol–water partition coefficient (Wildman–Crippen LogP) is 8.87. The van der Waals surface area contributed by atoms with E-state index in [1.165, 1.54) is 122 Å². The van der Waals surface area contributed by atoms with E-state index >= 15 is 0 Å². The van der Waals surface area contributed by atoms with Crippen molar-refractivity contribution >= 4 is 5.91 Å². The Morgan fingerprint density at radius 2 is 0.906 bits per heavy atom. The fourth-order valence-corrected chi connectivity index (χ4v) is 4.51. The zero-order valence-corrected chi connectivity index (χ0v) is 22.1. The van der Waals surface area contributed by atoms with E-state index in [0.29, 0.717) is 6.42 Å². The Balaban J connectivity index is 3.40. The van der Waals surface area contributed by atoms with E-state index < -0.39 is 0 Å². The average Bonchev–Trinajstić information content (AvgIpc) is 2.80. The number of hydrogen-bond acceptors (Lipinski definition) is 2. The van der Waals surface area contributed by atoms with E-state index in [9.17, 15) is 9.90 Å². The molecule has 0 spiro atoms. The molecule has 0 aliphatic rings. The van der Waals surface area contributed by atoms with Crippen molar-refractivity contribution in [2.75, 3.05) is 6.61 Å². The topological polar surface area (TPSA) is 49.3 Å². The summed E-state index contributed by atoms with van der Waals surface area (Å²) in [4.78, 5) is 12.1. The van der Waals surface area contributed by atoms with Crippen LogP contribution in [-0.4, -0.2) is 23.7 Å². The summed E-state index contributed by atoms with van der Waals surface area (Å²) in [7, 11) is 0. The molecule has 0 bridgehead atoms. The van der Waals surface area contributed by atoms with E-state index in [4.69, 9.17) is 0 Å². The number of rotatable bonds is 26. The van der Waals surface area contributed by atoms with Crippen molar-refractivity contribution in [3.63, 3.8) is 0 Å². The van der Waals surface area contributed by atoms with Crippen LogP contribution in [0.5, 0.6) is 0 Å². The van der Waals surface area contributed by atoms with Crippen molar-refractivity contribution in [1.82, 2.24) is 5.32 Å². The van der Waals surface area contributed by atoms with Gasteiger partial charge in [0, 0.05) is 6.42 Å². The maximum atomic E-state index is 12.1. The number of amides is 1. The standard InChI is InChI=1S/C29H59NO2/c1-3-5-7-9-11-13-14-15-16-17-18-20-22-24-26-29(32)30-28(27-31)25-23-21-19-12-10-8-6-4-2/h28,31H,3-27H2,1-2H3,(H,30,32)/t28-/m1/s1. The van der Waals surface area contributed by atoms with Crippen LogP contribution in [0.2, 0.25) is 0 Å². The van der Waals surface area contributed by atoms with E-state index in [1.807, 2.05) is 0 Å². The molecule has 0 aliphatic heterocycles. The lowest BCUT2D eigenvalue weighted by Gasteiger charge is -2.16. The number of aliphatic hydroxyl groups excluding tert-OH is 1. The van der Waals surface area contributed by atoms with Crippen LogP contribution in [0.25, 0.3) is 0 Å². The Bertz CT molecular complexity index is 372. The Morgan fingerprint density at radius 1 is 0.562 bits per heavy atom. The molecular formula is C29H59NO2. The van der Waals surface area contributed by atoms with Crippen LogP contribution in [0.4, 0.5) is 0 Å². The normalized spacial score (nSPS) is 12.2. The minimum atomic E-state index is -0.0470. The van der Waals surface area contributed by atoms with Gasteiger partial charge in [0.15, 0.2) is 0 Å². The number of hydrogen-bond donors (Lipinski definition) is 2. The second kappa shape index (κ2) is 26.7. The fraction of sp³-hybridized carbons (Fsp3) is 0.966. The first kappa shape index (κ1) is 31.4. The molecule has 0 aliphatic carbocycles. The molecular weight excluding hydrogens is 394 g/mol. The third-order valence-electron chi connectivity index (χ3n) is 6.75. The highest BCUT2D eigenvalue weighted by molar-refractivity contribution is 5.76. The molecule has 1 amide bonds. The number of nitrogens with one attached hydrogen (secondary N) is 1. The SMILES string of the molecule is CCCCCCCCCCCCCCCCC(=O)N[C@@H](CO)CCCCCCCCCC. The molecule has 0 aromatic rings. The molecule has 3 nitrogen and oxygen atoms in total. The Labute approximate surface area is 201 Å². The molecule has 0 rings (SSSR count). The molecule has 0 aromatic carbocycles. The van der Waals surface area contributed by atoms with Crippen molar-refractivity contribution in [2.24, 2.45) is 0 Å². The fourth-order valence-electron chi connectivity index (χ4n) is 4.51. The maximum absolute atomic E-state index is 12.1. The molecule has 0 unspecified atom stereocenters. The number of carbonyl (C=O) groups excluding carboxylic acids is 1. The van der Waals surface area contributed by atoms with E-state index in [-0.39, 0.29) is 18.6 Å². The predicted molar refractivity (Wildman–Crippen MR) is 141 cm³/mol. The molecule has 3 heteroatoms. The number of unbranched alkanes of at least 4 members (excludes halogenated alkanes) is 20. The molecule has 0 heterocycles. The van der Waals surface area contributed by atoms with Gasteiger partial charge in [-0.05, 0) is 12.8 Å². The van der Waals surface area contributed by atoms with Gasteiger partial charge in [0.2, 0.25) is 5.91 Å². The zero-order valence-electron chi connectivity index (χ0n) is 22.1. The van der Waals surface area contributed by atoms with Crippen molar-refractivity contribution < 1.29 is 9.90 Å². The van der Waals surface area contributed by atoms with E-state index in [2.05, 4.69) is 19.2 Å². The molecule has 0 saturated heterocycles. The second-order valence-corrected chi connectivity index (χ2v) is 10.1. The van der Waals surface area contributed by atoms with Gasteiger partial charge in [-0.1, -0.05) is 149 Å². The minimum absolute atomic E-state index is 0.0470. The first-order valence-electron chi connectivity index (χ1n) is 14.6. The van der Waals surface area contributed by atoms with Crippen LogP contribution >= 0.6 is 0 Å². The Kier molecular flexibility index (Phi) is 26.2. The summed E-state index contributed by atoms with van der Waals surface area (Å²) in [5.41, 5.74) is 0. The summed E-state index contributed by atoms with van der Waals surface area (Å²) in [5, 5.41) is 12.6. The lowest BCUT2D eigenvalue weighted by atomic mass is 10.0. The van der Waals surface area contributed by atoms with Crippen molar-refractivity contribution in [2.45, 2.75) is 174 Å². The third kappa shape index (κ3) is 24.1. The van der Waals surface area contributed by atoms with E-state index in [1.54, 1.807) is 0 Å². The van der Waals surface area contributed by atoms with Crippen LogP contribution in [0.1, 0.15) is 168 Å². The van der Waals surface area contributed by atoms with Gasteiger partial charge in [0.25, 0.3) is 0 Å². The van der Waals surface area contributed by atoms with Gasteiger partial charge in [0.05, 0.1) is 12.6 Å². The van der Waals surface area contributed by atoms with Gasteiger partial charge in [-0.2, -0.15) is 0 Å². The van der Waals surface area contributed by atoms with Gasteiger partial charge >= 0.3 is 0 Å². The highest BCUT2D eigenvalue weighted by Gasteiger charge is 2.10. The lowest BCUT2D eigenvalue weighted by Crippen LogP contribution is -2.37. The lowest BCUT2D eigenvalue weighted by molar-refractivity contribution is -0.122. The van der Waals surface area contributed by atoms with Crippen LogP contribution in [-0.2, 0) is 4.79 Å². The van der Waals surface area contributed by atoms with Crippen LogP contribution in [0.3, 0.4) is 0 Å². The highest BCUT2D eigenvalue weighted by Crippen LogP contribution is 2.14. The molecule has 0 aromatic heterocycles. The number of aliphatic hydroxyl groups is 1. The monoisotopic (exact) mass is 453 g/mol. The molecule has 0 radical (unpaired) electrons. The molecule has 0 saturated carbocycles. The van der Waals surface area contributed by atoms with Crippen molar-refractivity contribution in [1.29, 1.82) is 0 Å². The first-order chi connectivity index (χ1) is 15.7. The minimum Gasteiger partial charge on any atom is -0.394 e. The van der Waals surface area contributed by atoms with Crippen molar-refractivity contribution in [3.8, 4) is 0 Å². The third-order valence-corrected chi connectivity index (χ3v) is 6.75. The van der Waals surface area contributed by atoms with Gasteiger partial charge < -0.3 is 10.4 Å². The summed E-state index contributed by atoms with van der Waals surface area (Å²) in [6, 6.07) is -0.0470. The molecule has 0 fully saturated rings. The maximum Gasteiger partial charge on any atom is 0.220 e. The summed E-state index contributed by atoms with van der Waals surface area (Å²) in [6.07, 6.45) is 30.6. The summed E-state index contributed by atoms with van der Waals surface area (Å²) >= 11 is 0. The van der Waals surface area contributed by atoms with Gasteiger partial charge in [-0.15, -0.1) is 0 Å². The molecule has 32 heavy (non-hydrogen) atoms. The summed E-state index contributed by atoms with van der Waals surface area (Å²) < 4.78 is 0. The largest absolute Gasteiger partial charge is 0.394 e. The van der Waals surface area contributed by atoms with Crippen LogP contribution < -0.4 is 5.32 Å². The average molecular weight is 454 g/mol. The highest BCUT2D eigenvalue weighted by atomic mass is 16.3. The molecule has 2 N–H and O–H groups in total. The van der Waals surface area contributed by atoms with Gasteiger partial charge in [0.1, 0.15) is 0 Å². The smallest absolute Gasteiger partial charge is 0.220 e. The Morgan fingerprint density at radius 3 is 1.28 bits per heavy atom. The zero-order chi connectivity index (χ0) is 23.5. The molecule has 192 valence electrons. The van der Waals surface area contributed by atoms with Gasteiger partial charge in [-0.3, -0.25) is 4.79 Å². The van der Waals surface area contributed by atoms with E-state index in [0.717, 1.165) is 25.7 Å². The van der Waals surface area contributed by atoms with Crippen molar-refractivity contribution in [3.05, 3.63) is 0 Å². The summed E-state index contributed by atoms with van der Waals surface area (Å²) in [5.74, 6) is 0.127. The van der Waals surface area contributed by atoms with Gasteiger partial charge in [-0.25, -0.2) is 0 Å². The number of carbonyl (C=O) groups is 1. The Hall–Kier alpha value is -0.570. The van der Waals surface area contributed by atoms with Crippen LogP contribution in [0.15, 0.2) is 0 Å². The second-order valence-electron chi connectivity index (χ2n) is 10.1. The summed E-state index contributed by atoms with van der Waals surface area (Å²) in [6.45, 7) is 4.60. The first-order valence-corrected chi connectivity index (χ1v) is 14.6. The molecule has 1 atom stereocenters.